The fraction of sp³-hybridized carbons (Fsp3) is 0.450. The first-order valence-corrected chi connectivity index (χ1v) is 11.3. The molecular weight excluding hydrogens is 409 g/mol. The minimum atomic E-state index is -1.32. The van der Waals surface area contributed by atoms with Gasteiger partial charge in [0.1, 0.15) is 0 Å². The van der Waals surface area contributed by atoms with E-state index in [1.165, 1.54) is 0 Å². The molecule has 0 saturated heterocycles. The third-order valence-electron chi connectivity index (χ3n) is 6.51. The predicted molar refractivity (Wildman–Crippen MR) is 110 cm³/mol. The molecule has 0 spiro atoms. The van der Waals surface area contributed by atoms with E-state index in [1.54, 1.807) is 24.3 Å². The highest BCUT2D eigenvalue weighted by Crippen LogP contribution is 2.51. The molecule has 1 aromatic heterocycles. The van der Waals surface area contributed by atoms with Crippen LogP contribution in [0.15, 0.2) is 30.5 Å². The second-order valence-corrected chi connectivity index (χ2v) is 9.94. The van der Waals surface area contributed by atoms with Crippen molar-refractivity contribution in [1.82, 2.24) is 9.97 Å². The van der Waals surface area contributed by atoms with E-state index >= 15 is 0 Å². The zero-order chi connectivity index (χ0) is 21.0. The van der Waals surface area contributed by atoms with Gasteiger partial charge in [-0.1, -0.05) is 12.1 Å². The number of hydrogen-bond donors (Lipinski definition) is 4. The van der Waals surface area contributed by atoms with Crippen LogP contribution in [-0.4, -0.2) is 42.2 Å². The maximum atomic E-state index is 14.5. The number of amides is 1. The van der Waals surface area contributed by atoms with E-state index < -0.39 is 40.6 Å². The van der Waals surface area contributed by atoms with Crippen LogP contribution < -0.4 is 16.4 Å². The van der Waals surface area contributed by atoms with Crippen LogP contribution in [0.3, 0.4) is 0 Å². The largest absolute Gasteiger partial charge is 0.387 e. The molecule has 2 aliphatic carbocycles. The molecule has 3 aliphatic rings. The minimum Gasteiger partial charge on any atom is -0.387 e. The highest BCUT2D eigenvalue weighted by Gasteiger charge is 2.56. The molecular formula is C20H22FN5O3S. The number of halogens is 1. The van der Waals surface area contributed by atoms with Gasteiger partial charge in [0.2, 0.25) is 11.9 Å². The second-order valence-electron chi connectivity index (χ2n) is 8.24. The van der Waals surface area contributed by atoms with Gasteiger partial charge >= 0.3 is 0 Å². The molecule has 2 heterocycles. The van der Waals surface area contributed by atoms with Crippen LogP contribution in [0.4, 0.5) is 21.8 Å². The fourth-order valence-electron chi connectivity index (χ4n) is 5.22. The molecule has 6 bridgehead atoms. The van der Waals surface area contributed by atoms with Crippen LogP contribution in [0.25, 0.3) is 0 Å². The zero-order valence-electron chi connectivity index (χ0n) is 16.0. The number of benzene rings is 1. The Kier molecular flexibility index (Phi) is 4.70. The topological polar surface area (TPSA) is 130 Å². The van der Waals surface area contributed by atoms with Gasteiger partial charge < -0.3 is 21.5 Å². The van der Waals surface area contributed by atoms with E-state index in [9.17, 15) is 18.5 Å². The lowest BCUT2D eigenvalue weighted by Gasteiger charge is -2.35. The molecule has 2 unspecified atom stereocenters. The summed E-state index contributed by atoms with van der Waals surface area (Å²) >= 11 is 0. The molecule has 0 radical (unpaired) electrons. The van der Waals surface area contributed by atoms with Crippen LogP contribution >= 0.6 is 0 Å². The van der Waals surface area contributed by atoms with Crippen LogP contribution in [0, 0.1) is 23.6 Å². The van der Waals surface area contributed by atoms with E-state index in [2.05, 4.69) is 20.6 Å². The Morgan fingerprint density at radius 1 is 1.33 bits per heavy atom. The molecule has 8 nitrogen and oxygen atoms in total. The van der Waals surface area contributed by atoms with Crippen LogP contribution in [0.5, 0.6) is 0 Å². The number of carbonyl (C=O) groups is 1. The number of carbonyl (C=O) groups excluding carboxylic acids is 1. The molecule has 2 fully saturated rings. The van der Waals surface area contributed by atoms with E-state index in [0.29, 0.717) is 24.1 Å². The maximum absolute atomic E-state index is 14.5. The van der Waals surface area contributed by atoms with Crippen molar-refractivity contribution in [2.45, 2.75) is 30.2 Å². The molecule has 1 aliphatic heterocycles. The summed E-state index contributed by atoms with van der Waals surface area (Å²) in [7, 11) is -1.32. The fourth-order valence-corrected chi connectivity index (χ4v) is 7.11. The Hall–Kier alpha value is -2.59. The Morgan fingerprint density at radius 3 is 2.97 bits per heavy atom. The molecule has 1 aromatic carbocycles. The summed E-state index contributed by atoms with van der Waals surface area (Å²) in [6.07, 6.45) is 1.46. The maximum Gasteiger partial charge on any atom is 0.229 e. The Labute approximate surface area is 174 Å². The van der Waals surface area contributed by atoms with Crippen molar-refractivity contribution in [3.05, 3.63) is 41.8 Å². The van der Waals surface area contributed by atoms with Crippen LogP contribution in [0.1, 0.15) is 24.5 Å². The number of aromatic nitrogens is 2. The van der Waals surface area contributed by atoms with Gasteiger partial charge in [-0.25, -0.2) is 9.37 Å². The summed E-state index contributed by atoms with van der Waals surface area (Å²) in [5.74, 6) is -1.46. The molecule has 2 saturated carbocycles. The monoisotopic (exact) mass is 431 g/mol. The van der Waals surface area contributed by atoms with Crippen molar-refractivity contribution < 1.29 is 18.5 Å². The number of aliphatic hydroxyl groups excluding tert-OH is 1. The smallest absolute Gasteiger partial charge is 0.229 e. The van der Waals surface area contributed by atoms with Crippen LogP contribution in [-0.2, 0) is 15.6 Å². The first-order valence-electron chi connectivity index (χ1n) is 9.91. The number of nitrogens with one attached hydrogen (secondary N) is 2. The number of hydrogen-bond acceptors (Lipinski definition) is 7. The van der Waals surface area contributed by atoms with Gasteiger partial charge in [-0.15, -0.1) is 0 Å². The lowest BCUT2D eigenvalue weighted by Crippen LogP contribution is -2.48. The lowest BCUT2D eigenvalue weighted by atomic mass is 9.83. The first-order chi connectivity index (χ1) is 14.4. The highest BCUT2D eigenvalue weighted by molar-refractivity contribution is 7.85. The molecule has 5 rings (SSSR count). The average molecular weight is 431 g/mol. The number of fused-ring (bicyclic) bond motifs is 5. The number of nitrogens with zero attached hydrogens (tertiary/aromatic N) is 2. The minimum absolute atomic E-state index is 0.0187. The molecule has 7 atom stereocenters. The van der Waals surface area contributed by atoms with Crippen molar-refractivity contribution in [3.8, 4) is 0 Å². The van der Waals surface area contributed by atoms with Crippen molar-refractivity contribution in [2.75, 3.05) is 16.4 Å². The molecule has 5 N–H and O–H groups in total. The zero-order valence-corrected chi connectivity index (χ0v) is 16.8. The van der Waals surface area contributed by atoms with Gasteiger partial charge in [-0.3, -0.25) is 9.00 Å². The Balaban J connectivity index is 1.59. The average Bonchev–Trinajstić information content (AvgIpc) is 3.29. The lowest BCUT2D eigenvalue weighted by molar-refractivity contribution is -0.123. The van der Waals surface area contributed by atoms with Gasteiger partial charge in [0.05, 0.1) is 24.0 Å². The highest BCUT2D eigenvalue weighted by atomic mass is 32.2. The normalized spacial score (nSPS) is 34.5. The summed E-state index contributed by atoms with van der Waals surface area (Å²) in [4.78, 5) is 20.4. The first kappa shape index (κ1) is 19.4. The van der Waals surface area contributed by atoms with Crippen molar-refractivity contribution in [1.29, 1.82) is 0 Å². The standard InChI is InChI=1S/C20H22FN5O3S/c21-13-7-23-20-24-11-3-1-2-9(4-11)14(27)8-30(29)15-6-10-5-12(15)17(16(10)18(22)28)25-19(13)26-20/h1-4,7,10,12,14-17,27H,5-6,8H2,(H2,22,28)(H2,23,24,25,26)/t10-,12-,14?,15-,16+,17-,30?/m1/s1. The van der Waals surface area contributed by atoms with Gasteiger partial charge in [0.25, 0.3) is 0 Å². The Morgan fingerprint density at radius 2 is 2.17 bits per heavy atom. The van der Waals surface area contributed by atoms with E-state index in [-0.39, 0.29) is 34.6 Å². The van der Waals surface area contributed by atoms with Gasteiger partial charge in [-0.2, -0.15) is 4.98 Å². The summed E-state index contributed by atoms with van der Waals surface area (Å²) in [6, 6.07) is 6.57. The van der Waals surface area contributed by atoms with Crippen molar-refractivity contribution in [2.24, 2.45) is 23.5 Å². The van der Waals surface area contributed by atoms with Gasteiger partial charge in [0, 0.05) is 27.8 Å². The summed E-state index contributed by atoms with van der Waals surface area (Å²) < 4.78 is 27.6. The summed E-state index contributed by atoms with van der Waals surface area (Å²) in [5.41, 5.74) is 6.90. The van der Waals surface area contributed by atoms with Gasteiger partial charge in [0.15, 0.2) is 11.6 Å². The molecule has 1 amide bonds. The number of nitrogens with two attached hydrogens (primary N) is 1. The predicted octanol–water partition coefficient (Wildman–Crippen LogP) is 1.45. The Bertz CT molecular complexity index is 1040. The number of aliphatic hydroxyl groups is 1. The second kappa shape index (κ2) is 7.28. The van der Waals surface area contributed by atoms with Crippen molar-refractivity contribution >= 4 is 34.2 Å². The molecule has 10 heteroatoms. The van der Waals surface area contributed by atoms with E-state index in [1.807, 2.05) is 0 Å². The number of anilines is 3. The van der Waals surface area contributed by atoms with E-state index in [0.717, 1.165) is 6.20 Å². The van der Waals surface area contributed by atoms with E-state index in [4.69, 9.17) is 5.73 Å². The van der Waals surface area contributed by atoms with Gasteiger partial charge in [-0.05, 0) is 42.4 Å². The molecule has 158 valence electrons. The summed E-state index contributed by atoms with van der Waals surface area (Å²) in [6.45, 7) is 0. The molecule has 30 heavy (non-hydrogen) atoms. The van der Waals surface area contributed by atoms with Crippen molar-refractivity contribution in [3.63, 3.8) is 0 Å². The quantitative estimate of drug-likeness (QED) is 0.538. The SMILES string of the molecule is NC(=O)[C@H]1[C@@H]2C[C@H]3[C@H]1Nc1nc(ncc1F)Nc1cccc(c1)C(O)CS(=O)[C@@H]3C2. The van der Waals surface area contributed by atoms with Crippen LogP contribution in [0.2, 0.25) is 0 Å². The molecule has 2 aromatic rings. The third kappa shape index (κ3) is 3.24. The number of rotatable bonds is 1. The third-order valence-corrected chi connectivity index (χ3v) is 8.37. The summed E-state index contributed by atoms with van der Waals surface area (Å²) in [5, 5.41) is 16.5. The number of primary amides is 1.